The van der Waals surface area contributed by atoms with Crippen LogP contribution in [0.4, 0.5) is 4.39 Å². The maximum atomic E-state index is 14.1. The zero-order valence-electron chi connectivity index (χ0n) is 11.6. The summed E-state index contributed by atoms with van der Waals surface area (Å²) in [6, 6.07) is 7.33. The van der Waals surface area contributed by atoms with Crippen LogP contribution in [-0.4, -0.2) is 10.1 Å². The van der Waals surface area contributed by atoms with Crippen molar-refractivity contribution >= 4 is 10.9 Å². The third-order valence-electron chi connectivity index (χ3n) is 3.57. The molecule has 4 heteroatoms. The molecule has 0 aliphatic carbocycles. The SMILES string of the molecule is CC(C)c1cc2cc(F)c(CCc3ccon3)cc2[nH]1. The molecule has 0 aliphatic heterocycles. The van der Waals surface area contributed by atoms with Gasteiger partial charge in [-0.1, -0.05) is 19.0 Å². The fraction of sp³-hybridized carbons (Fsp3) is 0.312. The summed E-state index contributed by atoms with van der Waals surface area (Å²) >= 11 is 0. The van der Waals surface area contributed by atoms with E-state index in [2.05, 4.69) is 24.0 Å². The van der Waals surface area contributed by atoms with Crippen LogP contribution in [0.2, 0.25) is 0 Å². The second-order valence-electron chi connectivity index (χ2n) is 5.40. The molecule has 0 amide bonds. The number of aromatic nitrogens is 2. The predicted octanol–water partition coefficient (Wildman–Crippen LogP) is 4.20. The van der Waals surface area contributed by atoms with E-state index in [1.165, 1.54) is 6.26 Å². The Labute approximate surface area is 116 Å². The molecule has 3 aromatic rings. The van der Waals surface area contributed by atoms with Gasteiger partial charge in [-0.15, -0.1) is 0 Å². The molecule has 0 saturated carbocycles. The minimum absolute atomic E-state index is 0.157. The molecule has 0 radical (unpaired) electrons. The number of nitrogens with one attached hydrogen (secondary N) is 1. The topological polar surface area (TPSA) is 41.8 Å². The van der Waals surface area contributed by atoms with E-state index in [0.29, 0.717) is 24.3 Å². The van der Waals surface area contributed by atoms with Crippen LogP contribution in [0.5, 0.6) is 0 Å². The Bertz CT molecular complexity index is 713. The molecule has 2 heterocycles. The quantitative estimate of drug-likeness (QED) is 0.773. The average molecular weight is 272 g/mol. The minimum Gasteiger partial charge on any atom is -0.365 e. The third kappa shape index (κ3) is 2.46. The molecule has 0 aliphatic rings. The molecular formula is C16H17FN2O. The van der Waals surface area contributed by atoms with E-state index >= 15 is 0 Å². The first-order chi connectivity index (χ1) is 9.63. The molecule has 0 atom stereocenters. The van der Waals surface area contributed by atoms with Gasteiger partial charge in [0, 0.05) is 22.7 Å². The Morgan fingerprint density at radius 1 is 1.25 bits per heavy atom. The molecule has 0 unspecified atom stereocenters. The van der Waals surface area contributed by atoms with Crippen molar-refractivity contribution in [1.29, 1.82) is 0 Å². The Morgan fingerprint density at radius 2 is 2.10 bits per heavy atom. The van der Waals surface area contributed by atoms with Crippen LogP contribution in [-0.2, 0) is 12.8 Å². The lowest BCUT2D eigenvalue weighted by molar-refractivity contribution is 0.411. The second kappa shape index (κ2) is 5.12. The number of hydrogen-bond acceptors (Lipinski definition) is 2. The number of benzene rings is 1. The maximum absolute atomic E-state index is 14.1. The van der Waals surface area contributed by atoms with Crippen molar-refractivity contribution in [1.82, 2.24) is 10.1 Å². The molecule has 0 spiro atoms. The van der Waals surface area contributed by atoms with Crippen LogP contribution in [0.25, 0.3) is 10.9 Å². The van der Waals surface area contributed by atoms with Gasteiger partial charge in [-0.2, -0.15) is 0 Å². The monoisotopic (exact) mass is 272 g/mol. The van der Waals surface area contributed by atoms with Crippen LogP contribution in [0.1, 0.15) is 36.7 Å². The van der Waals surface area contributed by atoms with Gasteiger partial charge in [0.1, 0.15) is 12.1 Å². The second-order valence-corrected chi connectivity index (χ2v) is 5.40. The summed E-state index contributed by atoms with van der Waals surface area (Å²) in [5, 5.41) is 4.77. The fourth-order valence-electron chi connectivity index (χ4n) is 2.35. The van der Waals surface area contributed by atoms with E-state index < -0.39 is 0 Å². The molecule has 104 valence electrons. The van der Waals surface area contributed by atoms with Crippen molar-refractivity contribution in [3.8, 4) is 0 Å². The van der Waals surface area contributed by atoms with Crippen molar-refractivity contribution in [2.45, 2.75) is 32.6 Å². The van der Waals surface area contributed by atoms with E-state index in [9.17, 15) is 4.39 Å². The van der Waals surface area contributed by atoms with Crippen LogP contribution < -0.4 is 0 Å². The van der Waals surface area contributed by atoms with Crippen molar-refractivity contribution < 1.29 is 8.91 Å². The molecular weight excluding hydrogens is 255 g/mol. The number of hydrogen-bond donors (Lipinski definition) is 1. The Kier molecular flexibility index (Phi) is 3.30. The Hall–Kier alpha value is -2.10. The number of aryl methyl sites for hydroxylation is 2. The molecule has 1 aromatic carbocycles. The van der Waals surface area contributed by atoms with Gasteiger partial charge >= 0.3 is 0 Å². The van der Waals surface area contributed by atoms with Gasteiger partial charge < -0.3 is 9.51 Å². The molecule has 1 N–H and O–H groups in total. The number of fused-ring (bicyclic) bond motifs is 1. The summed E-state index contributed by atoms with van der Waals surface area (Å²) < 4.78 is 18.9. The van der Waals surface area contributed by atoms with Crippen molar-refractivity contribution in [3.63, 3.8) is 0 Å². The summed E-state index contributed by atoms with van der Waals surface area (Å²) in [7, 11) is 0. The van der Waals surface area contributed by atoms with Crippen LogP contribution in [0.3, 0.4) is 0 Å². The number of aromatic amines is 1. The zero-order chi connectivity index (χ0) is 14.1. The normalized spacial score (nSPS) is 11.6. The summed E-state index contributed by atoms with van der Waals surface area (Å²) in [5.74, 6) is 0.249. The Morgan fingerprint density at radius 3 is 2.80 bits per heavy atom. The molecule has 20 heavy (non-hydrogen) atoms. The summed E-state index contributed by atoms with van der Waals surface area (Å²) in [5.41, 5.74) is 3.68. The highest BCUT2D eigenvalue weighted by Gasteiger charge is 2.10. The van der Waals surface area contributed by atoms with E-state index in [-0.39, 0.29) is 5.82 Å². The average Bonchev–Trinajstić information content (AvgIpc) is 3.04. The standard InChI is InChI=1S/C16H17FN2O/c1-10(2)15-9-12-7-14(17)11(8-16(12)18-15)3-4-13-5-6-20-19-13/h5-10,18H,3-4H2,1-2H3. The van der Waals surface area contributed by atoms with Crippen molar-refractivity contribution in [3.05, 3.63) is 53.3 Å². The molecule has 3 nitrogen and oxygen atoms in total. The van der Waals surface area contributed by atoms with Crippen molar-refractivity contribution in [2.75, 3.05) is 0 Å². The lowest BCUT2D eigenvalue weighted by Gasteiger charge is -2.02. The van der Waals surface area contributed by atoms with Gasteiger partial charge in [-0.05, 0) is 42.5 Å². The summed E-state index contributed by atoms with van der Waals surface area (Å²) in [6.45, 7) is 4.24. The molecule has 0 fully saturated rings. The number of halogens is 1. The number of rotatable bonds is 4. The first-order valence-electron chi connectivity index (χ1n) is 6.84. The van der Waals surface area contributed by atoms with Gasteiger partial charge in [-0.25, -0.2) is 4.39 Å². The minimum atomic E-state index is -0.157. The number of nitrogens with zero attached hydrogens (tertiary/aromatic N) is 1. The smallest absolute Gasteiger partial charge is 0.127 e. The fourth-order valence-corrected chi connectivity index (χ4v) is 2.35. The first-order valence-corrected chi connectivity index (χ1v) is 6.84. The van der Waals surface area contributed by atoms with Crippen molar-refractivity contribution in [2.24, 2.45) is 0 Å². The van der Waals surface area contributed by atoms with E-state index in [0.717, 1.165) is 22.3 Å². The summed E-state index contributed by atoms with van der Waals surface area (Å²) in [6.07, 6.45) is 2.83. The number of H-pyrrole nitrogens is 1. The van der Waals surface area contributed by atoms with Crippen LogP contribution in [0, 0.1) is 5.82 Å². The molecule has 0 bridgehead atoms. The highest BCUT2D eigenvalue weighted by Crippen LogP contribution is 2.24. The van der Waals surface area contributed by atoms with Gasteiger partial charge in [0.2, 0.25) is 0 Å². The van der Waals surface area contributed by atoms with E-state index in [4.69, 9.17) is 4.52 Å². The highest BCUT2D eigenvalue weighted by atomic mass is 19.1. The third-order valence-corrected chi connectivity index (χ3v) is 3.57. The maximum Gasteiger partial charge on any atom is 0.127 e. The molecule has 3 rings (SSSR count). The van der Waals surface area contributed by atoms with E-state index in [1.54, 1.807) is 6.07 Å². The highest BCUT2D eigenvalue weighted by molar-refractivity contribution is 5.81. The van der Waals surface area contributed by atoms with Gasteiger partial charge in [0.15, 0.2) is 0 Å². The van der Waals surface area contributed by atoms with Crippen LogP contribution in [0.15, 0.2) is 35.1 Å². The molecule has 0 saturated heterocycles. The lowest BCUT2D eigenvalue weighted by atomic mass is 10.1. The van der Waals surface area contributed by atoms with Crippen LogP contribution >= 0.6 is 0 Å². The van der Waals surface area contributed by atoms with E-state index in [1.807, 2.05) is 18.2 Å². The van der Waals surface area contributed by atoms with Gasteiger partial charge in [-0.3, -0.25) is 0 Å². The largest absolute Gasteiger partial charge is 0.365 e. The van der Waals surface area contributed by atoms with Gasteiger partial charge in [0.05, 0.1) is 5.69 Å². The zero-order valence-corrected chi connectivity index (χ0v) is 11.6. The first kappa shape index (κ1) is 12.9. The predicted molar refractivity (Wildman–Crippen MR) is 76.3 cm³/mol. The molecule has 2 aromatic heterocycles. The Balaban J connectivity index is 1.88. The van der Waals surface area contributed by atoms with Gasteiger partial charge in [0.25, 0.3) is 0 Å². The lowest BCUT2D eigenvalue weighted by Crippen LogP contribution is -1.95. The summed E-state index contributed by atoms with van der Waals surface area (Å²) in [4.78, 5) is 3.36.